The van der Waals surface area contributed by atoms with Crippen LogP contribution in [0.3, 0.4) is 0 Å². The van der Waals surface area contributed by atoms with Crippen molar-refractivity contribution in [1.29, 1.82) is 0 Å². The third-order valence-electron chi connectivity index (χ3n) is 5.51. The molecule has 1 aromatic carbocycles. The molecule has 2 aliphatic rings. The lowest BCUT2D eigenvalue weighted by molar-refractivity contribution is -0.131. The molecule has 1 aromatic heterocycles. The smallest absolute Gasteiger partial charge is 0.272 e. The van der Waals surface area contributed by atoms with E-state index >= 15 is 0 Å². The van der Waals surface area contributed by atoms with E-state index in [9.17, 15) is 9.59 Å². The van der Waals surface area contributed by atoms with Crippen molar-refractivity contribution in [3.05, 3.63) is 42.1 Å². The lowest BCUT2D eigenvalue weighted by atomic mass is 10.2. The van der Waals surface area contributed by atoms with Crippen LogP contribution in [-0.2, 0) is 4.79 Å². The zero-order chi connectivity index (χ0) is 18.6. The van der Waals surface area contributed by atoms with Crippen molar-refractivity contribution < 1.29 is 9.59 Å². The Hall–Kier alpha value is -2.47. The average molecular weight is 366 g/mol. The Morgan fingerprint density at radius 1 is 0.815 bits per heavy atom. The monoisotopic (exact) mass is 366 g/mol. The lowest BCUT2D eigenvalue weighted by Gasteiger charge is -2.23. The van der Waals surface area contributed by atoms with E-state index < -0.39 is 0 Å². The molecule has 0 bridgehead atoms. The summed E-state index contributed by atoms with van der Waals surface area (Å²) in [7, 11) is 0. The highest BCUT2D eigenvalue weighted by atomic mass is 16.2. The van der Waals surface area contributed by atoms with Gasteiger partial charge in [0.25, 0.3) is 5.91 Å². The highest BCUT2D eigenvalue weighted by Crippen LogP contribution is 2.15. The molecule has 2 amide bonds. The summed E-state index contributed by atoms with van der Waals surface area (Å²) in [6.07, 6.45) is 3.12. The van der Waals surface area contributed by atoms with Crippen LogP contribution in [0, 0.1) is 0 Å². The SMILES string of the molecule is O=C(CN1CCCN(C(=O)c2ccc3ccccc3n2)CC1)N1CCCC1. The third-order valence-corrected chi connectivity index (χ3v) is 5.51. The zero-order valence-corrected chi connectivity index (χ0v) is 15.6. The van der Waals surface area contributed by atoms with Crippen molar-refractivity contribution in [2.24, 2.45) is 0 Å². The summed E-state index contributed by atoms with van der Waals surface area (Å²) in [5, 5.41) is 1.04. The van der Waals surface area contributed by atoms with Gasteiger partial charge in [0.1, 0.15) is 5.69 Å². The van der Waals surface area contributed by atoms with Gasteiger partial charge in [0.15, 0.2) is 0 Å². The first kappa shape index (κ1) is 17.9. The van der Waals surface area contributed by atoms with Crippen LogP contribution < -0.4 is 0 Å². The molecule has 0 spiro atoms. The normalized spacial score (nSPS) is 18.7. The van der Waals surface area contributed by atoms with Gasteiger partial charge in [0.2, 0.25) is 5.91 Å². The summed E-state index contributed by atoms with van der Waals surface area (Å²) >= 11 is 0. The Morgan fingerprint density at radius 2 is 1.59 bits per heavy atom. The Balaban J connectivity index is 1.38. The Morgan fingerprint density at radius 3 is 2.44 bits per heavy atom. The highest BCUT2D eigenvalue weighted by Gasteiger charge is 2.24. The van der Waals surface area contributed by atoms with Crippen molar-refractivity contribution in [2.45, 2.75) is 19.3 Å². The van der Waals surface area contributed by atoms with Crippen LogP contribution in [0.1, 0.15) is 29.8 Å². The van der Waals surface area contributed by atoms with Crippen LogP contribution in [0.5, 0.6) is 0 Å². The van der Waals surface area contributed by atoms with Gasteiger partial charge in [-0.25, -0.2) is 4.98 Å². The van der Waals surface area contributed by atoms with E-state index in [2.05, 4.69) is 9.88 Å². The van der Waals surface area contributed by atoms with E-state index in [0.29, 0.717) is 25.3 Å². The van der Waals surface area contributed by atoms with E-state index in [1.165, 1.54) is 0 Å². The van der Waals surface area contributed by atoms with E-state index in [1.807, 2.05) is 46.2 Å². The highest BCUT2D eigenvalue weighted by molar-refractivity contribution is 5.95. The Kier molecular flexibility index (Phi) is 5.34. The number of carbonyl (C=O) groups excluding carboxylic acids is 2. The van der Waals surface area contributed by atoms with Gasteiger partial charge in [-0.15, -0.1) is 0 Å². The van der Waals surface area contributed by atoms with Gasteiger partial charge in [0.05, 0.1) is 12.1 Å². The standard InChI is InChI=1S/C21H26N4O2/c26-20(24-11-3-4-12-24)16-23-10-5-13-25(15-14-23)21(27)19-9-8-17-6-1-2-7-18(17)22-19/h1-2,6-9H,3-5,10-16H2. The van der Waals surface area contributed by atoms with Gasteiger partial charge in [0, 0.05) is 44.7 Å². The predicted octanol–water partition coefficient (Wildman–Crippen LogP) is 2.01. The molecule has 4 rings (SSSR count). The number of hydrogen-bond acceptors (Lipinski definition) is 4. The number of rotatable bonds is 3. The van der Waals surface area contributed by atoms with E-state index in [4.69, 9.17) is 0 Å². The van der Waals surface area contributed by atoms with Crippen molar-refractivity contribution in [3.63, 3.8) is 0 Å². The summed E-state index contributed by atoms with van der Waals surface area (Å²) in [6.45, 7) is 5.20. The molecule has 27 heavy (non-hydrogen) atoms. The number of pyridine rings is 1. The molecule has 2 aliphatic heterocycles. The molecular weight excluding hydrogens is 340 g/mol. The van der Waals surface area contributed by atoms with Gasteiger partial charge < -0.3 is 9.80 Å². The largest absolute Gasteiger partial charge is 0.342 e. The molecule has 0 aliphatic carbocycles. The second-order valence-electron chi connectivity index (χ2n) is 7.40. The number of para-hydroxylation sites is 1. The summed E-state index contributed by atoms with van der Waals surface area (Å²) in [5.41, 5.74) is 1.34. The van der Waals surface area contributed by atoms with Crippen molar-refractivity contribution in [3.8, 4) is 0 Å². The third kappa shape index (κ3) is 4.11. The number of nitrogens with zero attached hydrogens (tertiary/aromatic N) is 4. The molecule has 142 valence electrons. The van der Waals surface area contributed by atoms with Crippen LogP contribution >= 0.6 is 0 Å². The van der Waals surface area contributed by atoms with Gasteiger partial charge >= 0.3 is 0 Å². The molecule has 3 heterocycles. The second kappa shape index (κ2) is 8.05. The molecule has 2 saturated heterocycles. The first-order chi connectivity index (χ1) is 13.2. The van der Waals surface area contributed by atoms with E-state index in [-0.39, 0.29) is 11.8 Å². The van der Waals surface area contributed by atoms with Crippen molar-refractivity contribution in [1.82, 2.24) is 19.7 Å². The zero-order valence-electron chi connectivity index (χ0n) is 15.6. The van der Waals surface area contributed by atoms with Crippen LogP contribution in [0.4, 0.5) is 0 Å². The molecule has 0 unspecified atom stereocenters. The number of hydrogen-bond donors (Lipinski definition) is 0. The van der Waals surface area contributed by atoms with Crippen molar-refractivity contribution in [2.75, 3.05) is 45.8 Å². The summed E-state index contributed by atoms with van der Waals surface area (Å²) in [6, 6.07) is 11.6. The minimum atomic E-state index is -0.0199. The Bertz CT molecular complexity index is 832. The van der Waals surface area contributed by atoms with Gasteiger partial charge in [-0.05, 0) is 31.4 Å². The number of amides is 2. The Labute approximate surface area is 159 Å². The minimum Gasteiger partial charge on any atom is -0.342 e. The molecule has 6 heteroatoms. The predicted molar refractivity (Wildman–Crippen MR) is 105 cm³/mol. The fraction of sp³-hybridized carbons (Fsp3) is 0.476. The summed E-state index contributed by atoms with van der Waals surface area (Å²) < 4.78 is 0. The average Bonchev–Trinajstić information content (AvgIpc) is 3.15. The number of aromatic nitrogens is 1. The number of benzene rings is 1. The van der Waals surface area contributed by atoms with Crippen LogP contribution in [0.25, 0.3) is 10.9 Å². The van der Waals surface area contributed by atoms with Gasteiger partial charge in [-0.1, -0.05) is 24.3 Å². The molecule has 6 nitrogen and oxygen atoms in total. The van der Waals surface area contributed by atoms with Crippen LogP contribution in [0.15, 0.2) is 36.4 Å². The van der Waals surface area contributed by atoms with Gasteiger partial charge in [-0.3, -0.25) is 14.5 Å². The molecular formula is C21H26N4O2. The van der Waals surface area contributed by atoms with E-state index in [1.54, 1.807) is 0 Å². The first-order valence-corrected chi connectivity index (χ1v) is 9.86. The topological polar surface area (TPSA) is 56.8 Å². The molecule has 0 radical (unpaired) electrons. The first-order valence-electron chi connectivity index (χ1n) is 9.86. The fourth-order valence-electron chi connectivity index (χ4n) is 3.94. The van der Waals surface area contributed by atoms with Crippen molar-refractivity contribution >= 4 is 22.7 Å². The number of likely N-dealkylation sites (tertiary alicyclic amines) is 1. The minimum absolute atomic E-state index is 0.0199. The molecule has 2 aromatic rings. The van der Waals surface area contributed by atoms with Gasteiger partial charge in [-0.2, -0.15) is 0 Å². The van der Waals surface area contributed by atoms with E-state index in [0.717, 1.165) is 56.3 Å². The summed E-state index contributed by atoms with van der Waals surface area (Å²) in [4.78, 5) is 35.8. The lowest BCUT2D eigenvalue weighted by Crippen LogP contribution is -2.41. The number of carbonyl (C=O) groups is 2. The number of fused-ring (bicyclic) bond motifs is 1. The molecule has 2 fully saturated rings. The maximum atomic E-state index is 12.9. The fourth-order valence-corrected chi connectivity index (χ4v) is 3.94. The molecule has 0 atom stereocenters. The van der Waals surface area contributed by atoms with Crippen LogP contribution in [0.2, 0.25) is 0 Å². The maximum Gasteiger partial charge on any atom is 0.272 e. The summed E-state index contributed by atoms with van der Waals surface area (Å²) in [5.74, 6) is 0.206. The quantitative estimate of drug-likeness (QED) is 0.834. The molecule has 0 N–H and O–H groups in total. The van der Waals surface area contributed by atoms with Crippen LogP contribution in [-0.4, -0.2) is 77.3 Å². The second-order valence-corrected chi connectivity index (χ2v) is 7.40. The molecule has 0 saturated carbocycles. The maximum absolute atomic E-state index is 12.9.